The zero-order chi connectivity index (χ0) is 13.2. The van der Waals surface area contributed by atoms with Crippen LogP contribution >= 0.6 is 11.6 Å². The number of aromatic nitrogens is 1. The minimum Gasteiger partial charge on any atom is -0.454 e. The zero-order valence-electron chi connectivity index (χ0n) is 9.68. The molecule has 0 fully saturated rings. The van der Waals surface area contributed by atoms with Crippen LogP contribution in [-0.4, -0.2) is 11.8 Å². The monoisotopic (exact) mass is 273 g/mol. The molecule has 2 heterocycles. The van der Waals surface area contributed by atoms with Gasteiger partial charge in [-0.1, -0.05) is 11.6 Å². The van der Waals surface area contributed by atoms with E-state index in [4.69, 9.17) is 26.3 Å². The number of anilines is 2. The van der Waals surface area contributed by atoms with Crippen molar-refractivity contribution >= 4 is 23.1 Å². The maximum Gasteiger partial charge on any atom is 0.231 e. The predicted molar refractivity (Wildman–Crippen MR) is 69.8 cm³/mol. The molecule has 5 nitrogen and oxygen atoms in total. The van der Waals surface area contributed by atoms with Gasteiger partial charge in [-0.25, -0.2) is 4.98 Å². The molecule has 0 spiro atoms. The van der Waals surface area contributed by atoms with Gasteiger partial charge in [0.1, 0.15) is 11.1 Å². The Balaban J connectivity index is 1.92. The molecule has 0 unspecified atom stereocenters. The lowest BCUT2D eigenvalue weighted by Gasteiger charge is -2.08. The molecule has 2 aromatic rings. The topological polar surface area (TPSA) is 67.2 Å². The summed E-state index contributed by atoms with van der Waals surface area (Å²) in [4.78, 5) is 4.11. The Hall–Kier alpha value is -2.45. The van der Waals surface area contributed by atoms with Gasteiger partial charge in [-0.05, 0) is 18.2 Å². The second-order valence-corrected chi connectivity index (χ2v) is 4.20. The molecular formula is C13H8ClN3O2. The van der Waals surface area contributed by atoms with E-state index < -0.39 is 0 Å². The molecule has 1 aliphatic heterocycles. The van der Waals surface area contributed by atoms with Crippen molar-refractivity contribution < 1.29 is 9.47 Å². The van der Waals surface area contributed by atoms with E-state index in [1.165, 1.54) is 6.20 Å². The molecule has 1 aromatic heterocycles. The van der Waals surface area contributed by atoms with Gasteiger partial charge in [-0.15, -0.1) is 0 Å². The van der Waals surface area contributed by atoms with Crippen LogP contribution in [0.5, 0.6) is 11.5 Å². The molecule has 6 heteroatoms. The van der Waals surface area contributed by atoms with Crippen molar-refractivity contribution in [3.63, 3.8) is 0 Å². The molecule has 0 saturated carbocycles. The third-order valence-corrected chi connectivity index (χ3v) is 3.03. The SMILES string of the molecule is N#Cc1ccnc(Nc2ccc3c(c2)OCO3)c1Cl. The van der Waals surface area contributed by atoms with Gasteiger partial charge in [-0.2, -0.15) is 5.26 Å². The van der Waals surface area contributed by atoms with Gasteiger partial charge in [-0.3, -0.25) is 0 Å². The van der Waals surface area contributed by atoms with E-state index in [1.54, 1.807) is 18.2 Å². The van der Waals surface area contributed by atoms with Crippen molar-refractivity contribution in [3.05, 3.63) is 41.0 Å². The maximum absolute atomic E-state index is 8.91. The van der Waals surface area contributed by atoms with Crippen LogP contribution in [0.25, 0.3) is 0 Å². The van der Waals surface area contributed by atoms with E-state index in [2.05, 4.69) is 10.3 Å². The van der Waals surface area contributed by atoms with E-state index >= 15 is 0 Å². The number of nitrogens with zero attached hydrogens (tertiary/aromatic N) is 2. The van der Waals surface area contributed by atoms with Crippen molar-refractivity contribution in [2.75, 3.05) is 12.1 Å². The smallest absolute Gasteiger partial charge is 0.231 e. The molecule has 0 amide bonds. The third-order valence-electron chi connectivity index (χ3n) is 2.64. The number of nitriles is 1. The molecule has 19 heavy (non-hydrogen) atoms. The van der Waals surface area contributed by atoms with Crippen molar-refractivity contribution in [2.45, 2.75) is 0 Å². The second-order valence-electron chi connectivity index (χ2n) is 3.83. The number of hydrogen-bond acceptors (Lipinski definition) is 5. The van der Waals surface area contributed by atoms with Crippen molar-refractivity contribution in [3.8, 4) is 17.6 Å². The van der Waals surface area contributed by atoms with Crippen LogP contribution in [0.4, 0.5) is 11.5 Å². The average Bonchev–Trinajstić information content (AvgIpc) is 2.88. The number of nitrogens with one attached hydrogen (secondary N) is 1. The Morgan fingerprint density at radius 3 is 2.95 bits per heavy atom. The van der Waals surface area contributed by atoms with Gasteiger partial charge in [0.25, 0.3) is 0 Å². The summed E-state index contributed by atoms with van der Waals surface area (Å²) in [5.41, 5.74) is 1.13. The normalized spacial score (nSPS) is 12.0. The Morgan fingerprint density at radius 2 is 2.11 bits per heavy atom. The van der Waals surface area contributed by atoms with Gasteiger partial charge in [0.2, 0.25) is 6.79 Å². The quantitative estimate of drug-likeness (QED) is 0.911. The molecule has 1 N–H and O–H groups in total. The number of ether oxygens (including phenoxy) is 2. The molecule has 1 aromatic carbocycles. The lowest BCUT2D eigenvalue weighted by Crippen LogP contribution is -1.96. The summed E-state index contributed by atoms with van der Waals surface area (Å²) >= 11 is 6.07. The predicted octanol–water partition coefficient (Wildman–Crippen LogP) is 3.08. The van der Waals surface area contributed by atoms with Crippen LogP contribution in [0.15, 0.2) is 30.5 Å². The highest BCUT2D eigenvalue weighted by Gasteiger charge is 2.14. The average molecular weight is 274 g/mol. The maximum atomic E-state index is 8.91. The number of benzene rings is 1. The molecule has 0 bridgehead atoms. The van der Waals surface area contributed by atoms with Gasteiger partial charge in [0, 0.05) is 18.0 Å². The molecular weight excluding hydrogens is 266 g/mol. The Labute approximate surface area is 114 Å². The number of rotatable bonds is 2. The fourth-order valence-corrected chi connectivity index (χ4v) is 1.93. The number of fused-ring (bicyclic) bond motifs is 1. The van der Waals surface area contributed by atoms with Crippen molar-refractivity contribution in [1.82, 2.24) is 4.98 Å². The van der Waals surface area contributed by atoms with Gasteiger partial charge in [0.05, 0.1) is 5.56 Å². The first-order valence-electron chi connectivity index (χ1n) is 5.49. The molecule has 0 radical (unpaired) electrons. The molecule has 0 saturated heterocycles. The third kappa shape index (κ3) is 2.14. The Morgan fingerprint density at radius 1 is 1.26 bits per heavy atom. The molecule has 0 aliphatic carbocycles. The molecule has 3 rings (SSSR count). The summed E-state index contributed by atoms with van der Waals surface area (Å²) in [5, 5.41) is 12.3. The van der Waals surface area contributed by atoms with Crippen LogP contribution in [-0.2, 0) is 0 Å². The lowest BCUT2D eigenvalue weighted by molar-refractivity contribution is 0.174. The van der Waals surface area contributed by atoms with E-state index in [9.17, 15) is 0 Å². The van der Waals surface area contributed by atoms with Gasteiger partial charge < -0.3 is 14.8 Å². The van der Waals surface area contributed by atoms with Crippen molar-refractivity contribution in [2.24, 2.45) is 0 Å². The fourth-order valence-electron chi connectivity index (χ4n) is 1.73. The largest absolute Gasteiger partial charge is 0.454 e. The Bertz CT molecular complexity index is 682. The summed E-state index contributed by atoms with van der Waals surface area (Å²) in [6.45, 7) is 0.224. The first-order valence-corrected chi connectivity index (χ1v) is 5.87. The van der Waals surface area contributed by atoms with Crippen LogP contribution in [0.3, 0.4) is 0 Å². The lowest BCUT2D eigenvalue weighted by atomic mass is 10.2. The van der Waals surface area contributed by atoms with Crippen LogP contribution < -0.4 is 14.8 Å². The standard InChI is InChI=1S/C13H8ClN3O2/c14-12-8(6-15)3-4-16-13(12)17-9-1-2-10-11(5-9)19-7-18-10/h1-5H,7H2,(H,16,17). The second kappa shape index (κ2) is 4.67. The number of hydrogen-bond donors (Lipinski definition) is 1. The van der Waals surface area contributed by atoms with E-state index in [0.29, 0.717) is 27.9 Å². The summed E-state index contributed by atoms with van der Waals surface area (Å²) < 4.78 is 10.5. The first-order chi connectivity index (χ1) is 9.28. The summed E-state index contributed by atoms with van der Waals surface area (Å²) in [6.07, 6.45) is 1.53. The van der Waals surface area contributed by atoms with Crippen LogP contribution in [0, 0.1) is 11.3 Å². The fraction of sp³-hybridized carbons (Fsp3) is 0.0769. The Kier molecular flexibility index (Phi) is 2.86. The van der Waals surface area contributed by atoms with E-state index in [-0.39, 0.29) is 6.79 Å². The van der Waals surface area contributed by atoms with Gasteiger partial charge in [0.15, 0.2) is 17.3 Å². The van der Waals surface area contributed by atoms with Crippen LogP contribution in [0.2, 0.25) is 5.02 Å². The van der Waals surface area contributed by atoms with E-state index in [0.717, 1.165) is 5.69 Å². The minimum atomic E-state index is 0.224. The zero-order valence-corrected chi connectivity index (χ0v) is 10.4. The molecule has 0 atom stereocenters. The highest BCUT2D eigenvalue weighted by Crippen LogP contribution is 2.35. The minimum absolute atomic E-state index is 0.224. The van der Waals surface area contributed by atoms with Crippen LogP contribution in [0.1, 0.15) is 5.56 Å². The molecule has 1 aliphatic rings. The first kappa shape index (κ1) is 11.6. The number of pyridine rings is 1. The molecule has 94 valence electrons. The van der Waals surface area contributed by atoms with Gasteiger partial charge >= 0.3 is 0 Å². The van der Waals surface area contributed by atoms with E-state index in [1.807, 2.05) is 12.1 Å². The summed E-state index contributed by atoms with van der Waals surface area (Å²) in [6, 6.07) is 8.98. The highest BCUT2D eigenvalue weighted by atomic mass is 35.5. The number of halogens is 1. The summed E-state index contributed by atoms with van der Waals surface area (Å²) in [5.74, 6) is 1.80. The van der Waals surface area contributed by atoms with Crippen molar-refractivity contribution in [1.29, 1.82) is 5.26 Å². The highest BCUT2D eigenvalue weighted by molar-refractivity contribution is 6.34. The summed E-state index contributed by atoms with van der Waals surface area (Å²) in [7, 11) is 0.